The number of methoxy groups -OCH3 is 1. The summed E-state index contributed by atoms with van der Waals surface area (Å²) < 4.78 is 5.21. The lowest BCUT2D eigenvalue weighted by atomic mass is 10.2. The van der Waals surface area contributed by atoms with Crippen molar-refractivity contribution in [2.24, 2.45) is 5.73 Å². The normalized spacial score (nSPS) is 10.1. The predicted octanol–water partition coefficient (Wildman–Crippen LogP) is 2.17. The minimum atomic E-state index is -0.633. The number of nitrogens with one attached hydrogen (secondary N) is 1. The van der Waals surface area contributed by atoms with E-state index in [0.29, 0.717) is 28.0 Å². The first-order valence-corrected chi connectivity index (χ1v) is 6.06. The summed E-state index contributed by atoms with van der Waals surface area (Å²) in [5.41, 5.74) is 12.1. The number of primary amides is 1. The third-order valence-corrected chi connectivity index (χ3v) is 2.83. The molecule has 104 valence electrons. The molecule has 0 atom stereocenters. The van der Waals surface area contributed by atoms with Crippen molar-refractivity contribution in [1.82, 2.24) is 4.98 Å². The van der Waals surface area contributed by atoms with Gasteiger partial charge in [0.15, 0.2) is 5.82 Å². The van der Waals surface area contributed by atoms with Crippen LogP contribution < -0.4 is 21.5 Å². The van der Waals surface area contributed by atoms with E-state index < -0.39 is 5.91 Å². The summed E-state index contributed by atoms with van der Waals surface area (Å²) in [5, 5.41) is 3.50. The van der Waals surface area contributed by atoms with E-state index >= 15 is 0 Å². The highest BCUT2D eigenvalue weighted by Gasteiger charge is 2.10. The molecule has 0 spiro atoms. The number of rotatable bonds is 4. The van der Waals surface area contributed by atoms with Gasteiger partial charge in [0.25, 0.3) is 5.91 Å². The predicted molar refractivity (Wildman–Crippen MR) is 78.5 cm³/mol. The fraction of sp³-hybridized carbons (Fsp3) is 0.0769. The highest BCUT2D eigenvalue weighted by Crippen LogP contribution is 2.31. The Labute approximate surface area is 120 Å². The van der Waals surface area contributed by atoms with Crippen LogP contribution in [0.3, 0.4) is 0 Å². The Hall–Kier alpha value is -2.47. The molecule has 7 heteroatoms. The highest BCUT2D eigenvalue weighted by molar-refractivity contribution is 6.31. The summed E-state index contributed by atoms with van der Waals surface area (Å²) in [7, 11) is 1.53. The molecule has 0 bridgehead atoms. The molecule has 0 saturated heterocycles. The summed E-state index contributed by atoms with van der Waals surface area (Å²) in [6.07, 6.45) is 0. The quantitative estimate of drug-likeness (QED) is 0.801. The minimum absolute atomic E-state index is 0.114. The zero-order chi connectivity index (χ0) is 14.7. The third kappa shape index (κ3) is 2.92. The van der Waals surface area contributed by atoms with Crippen LogP contribution in [0.5, 0.6) is 5.75 Å². The van der Waals surface area contributed by atoms with Gasteiger partial charge in [-0.2, -0.15) is 0 Å². The maximum Gasteiger partial charge on any atom is 0.267 e. The molecule has 0 saturated carbocycles. The Morgan fingerprint density at radius 3 is 2.75 bits per heavy atom. The minimum Gasteiger partial charge on any atom is -0.495 e. The van der Waals surface area contributed by atoms with Gasteiger partial charge in [-0.15, -0.1) is 0 Å². The Morgan fingerprint density at radius 1 is 1.35 bits per heavy atom. The standard InChI is InChI=1S/C13H13ClN4O2/c1-20-11-5-2-7(14)6-10(11)18-13-8(15)3-4-9(17-13)12(16)19/h2-6H,15H2,1H3,(H2,16,19)(H,17,18). The molecular formula is C13H13ClN4O2. The summed E-state index contributed by atoms with van der Waals surface area (Å²) in [4.78, 5) is 15.2. The number of carbonyl (C=O) groups is 1. The van der Waals surface area contributed by atoms with Crippen molar-refractivity contribution in [3.05, 3.63) is 41.0 Å². The number of aromatic nitrogens is 1. The molecule has 0 radical (unpaired) electrons. The Morgan fingerprint density at radius 2 is 2.10 bits per heavy atom. The molecule has 2 rings (SSSR count). The molecule has 0 unspecified atom stereocenters. The van der Waals surface area contributed by atoms with Crippen molar-refractivity contribution < 1.29 is 9.53 Å². The van der Waals surface area contributed by atoms with Gasteiger partial charge in [-0.3, -0.25) is 4.79 Å². The van der Waals surface area contributed by atoms with Gasteiger partial charge < -0.3 is 21.5 Å². The van der Waals surface area contributed by atoms with Crippen LogP contribution in [0.1, 0.15) is 10.5 Å². The summed E-state index contributed by atoms with van der Waals surface area (Å²) in [5.74, 6) is 0.244. The van der Waals surface area contributed by atoms with Gasteiger partial charge >= 0.3 is 0 Å². The number of ether oxygens (including phenoxy) is 1. The number of amides is 1. The van der Waals surface area contributed by atoms with E-state index in [4.69, 9.17) is 27.8 Å². The average molecular weight is 293 g/mol. The Balaban J connectivity index is 2.41. The smallest absolute Gasteiger partial charge is 0.267 e. The van der Waals surface area contributed by atoms with Crippen LogP contribution in [0.15, 0.2) is 30.3 Å². The van der Waals surface area contributed by atoms with Crippen molar-refractivity contribution in [3.8, 4) is 5.75 Å². The number of halogens is 1. The molecule has 0 aliphatic heterocycles. The zero-order valence-corrected chi connectivity index (χ0v) is 11.4. The molecule has 2 aromatic rings. The molecule has 1 aromatic carbocycles. The molecule has 1 aromatic heterocycles. The van der Waals surface area contributed by atoms with Crippen LogP contribution in [0, 0.1) is 0 Å². The van der Waals surface area contributed by atoms with E-state index in [1.165, 1.54) is 13.2 Å². The van der Waals surface area contributed by atoms with Crippen LogP contribution in [-0.4, -0.2) is 18.0 Å². The molecule has 6 nitrogen and oxygen atoms in total. The van der Waals surface area contributed by atoms with Crippen molar-refractivity contribution in [2.75, 3.05) is 18.2 Å². The number of nitrogens with zero attached hydrogens (tertiary/aromatic N) is 1. The molecule has 0 fully saturated rings. The topological polar surface area (TPSA) is 103 Å². The van der Waals surface area contributed by atoms with Gasteiger partial charge in [-0.1, -0.05) is 11.6 Å². The van der Waals surface area contributed by atoms with Crippen molar-refractivity contribution in [2.45, 2.75) is 0 Å². The fourth-order valence-corrected chi connectivity index (χ4v) is 1.78. The largest absolute Gasteiger partial charge is 0.495 e. The van der Waals surface area contributed by atoms with E-state index in [-0.39, 0.29) is 5.69 Å². The first kappa shape index (κ1) is 14.0. The number of hydrogen-bond donors (Lipinski definition) is 3. The van der Waals surface area contributed by atoms with Gasteiger partial charge in [0.1, 0.15) is 11.4 Å². The van der Waals surface area contributed by atoms with E-state index in [1.54, 1.807) is 24.3 Å². The number of hydrogen-bond acceptors (Lipinski definition) is 5. The number of anilines is 3. The van der Waals surface area contributed by atoms with Gasteiger partial charge in [-0.05, 0) is 30.3 Å². The van der Waals surface area contributed by atoms with E-state index in [1.807, 2.05) is 0 Å². The van der Waals surface area contributed by atoms with E-state index in [9.17, 15) is 4.79 Å². The monoisotopic (exact) mass is 292 g/mol. The maximum atomic E-state index is 11.1. The lowest BCUT2D eigenvalue weighted by molar-refractivity contribution is 0.0996. The lowest BCUT2D eigenvalue weighted by Crippen LogP contribution is -2.14. The van der Waals surface area contributed by atoms with E-state index in [2.05, 4.69) is 10.3 Å². The third-order valence-electron chi connectivity index (χ3n) is 2.59. The summed E-state index contributed by atoms with van der Waals surface area (Å²) in [6.45, 7) is 0. The van der Waals surface area contributed by atoms with Crippen LogP contribution in [0.2, 0.25) is 5.02 Å². The van der Waals surface area contributed by atoms with E-state index in [0.717, 1.165) is 0 Å². The maximum absolute atomic E-state index is 11.1. The molecule has 1 amide bonds. The second kappa shape index (κ2) is 5.66. The van der Waals surface area contributed by atoms with Crippen LogP contribution in [0.25, 0.3) is 0 Å². The van der Waals surface area contributed by atoms with Gasteiger partial charge in [0.2, 0.25) is 0 Å². The fourth-order valence-electron chi connectivity index (χ4n) is 1.61. The molecule has 0 aliphatic carbocycles. The van der Waals surface area contributed by atoms with Crippen LogP contribution in [0.4, 0.5) is 17.2 Å². The second-order valence-corrected chi connectivity index (χ2v) is 4.40. The Bertz CT molecular complexity index is 661. The Kier molecular flexibility index (Phi) is 3.95. The van der Waals surface area contributed by atoms with Crippen LogP contribution >= 0.6 is 11.6 Å². The first-order chi connectivity index (χ1) is 9.51. The zero-order valence-electron chi connectivity index (χ0n) is 10.7. The molecule has 20 heavy (non-hydrogen) atoms. The highest BCUT2D eigenvalue weighted by atomic mass is 35.5. The van der Waals surface area contributed by atoms with Crippen LogP contribution in [-0.2, 0) is 0 Å². The molecule has 1 heterocycles. The van der Waals surface area contributed by atoms with Gasteiger partial charge in [-0.25, -0.2) is 4.98 Å². The van der Waals surface area contributed by atoms with Gasteiger partial charge in [0, 0.05) is 5.02 Å². The van der Waals surface area contributed by atoms with Crippen molar-refractivity contribution in [1.29, 1.82) is 0 Å². The molecule has 5 N–H and O–H groups in total. The van der Waals surface area contributed by atoms with Crippen molar-refractivity contribution in [3.63, 3.8) is 0 Å². The number of carbonyl (C=O) groups excluding carboxylic acids is 1. The number of nitrogen functional groups attached to an aromatic ring is 1. The molecular weight excluding hydrogens is 280 g/mol. The lowest BCUT2D eigenvalue weighted by Gasteiger charge is -2.13. The summed E-state index contributed by atoms with van der Waals surface area (Å²) in [6, 6.07) is 8.07. The number of benzene rings is 1. The number of pyridine rings is 1. The van der Waals surface area contributed by atoms with Crippen molar-refractivity contribution >= 4 is 34.7 Å². The number of nitrogens with two attached hydrogens (primary N) is 2. The van der Waals surface area contributed by atoms with Gasteiger partial charge in [0.05, 0.1) is 18.5 Å². The first-order valence-electron chi connectivity index (χ1n) is 5.68. The summed E-state index contributed by atoms with van der Waals surface area (Å²) >= 11 is 5.94. The SMILES string of the molecule is COc1ccc(Cl)cc1Nc1nc(C(N)=O)ccc1N. The average Bonchev–Trinajstić information content (AvgIpc) is 2.41. The molecule has 0 aliphatic rings. The second-order valence-electron chi connectivity index (χ2n) is 3.97.